The first-order valence-electron chi connectivity index (χ1n) is 4.66. The van der Waals surface area contributed by atoms with Crippen molar-refractivity contribution >= 4 is 5.69 Å². The molecule has 0 aliphatic rings. The Labute approximate surface area is 88.0 Å². The van der Waals surface area contributed by atoms with E-state index < -0.39 is 0 Å². The van der Waals surface area contributed by atoms with Crippen LogP contribution in [-0.4, -0.2) is 14.7 Å². The van der Waals surface area contributed by atoms with Crippen molar-refractivity contribution in [1.29, 1.82) is 0 Å². The predicted octanol–water partition coefficient (Wildman–Crippen LogP) is 1.68. The summed E-state index contributed by atoms with van der Waals surface area (Å²) in [5.74, 6) is 0.182. The van der Waals surface area contributed by atoms with Crippen molar-refractivity contribution in [2.24, 2.45) is 7.05 Å². The molecule has 3 N–H and O–H groups in total. The normalized spacial score (nSPS) is 10.5. The van der Waals surface area contributed by atoms with E-state index in [1.54, 1.807) is 24.5 Å². The number of phenols is 1. The second-order valence-electron chi connectivity index (χ2n) is 3.57. The molecule has 2 aromatic rings. The quantitative estimate of drug-likeness (QED) is 0.693. The molecule has 0 saturated heterocycles. The van der Waals surface area contributed by atoms with E-state index in [-0.39, 0.29) is 5.75 Å². The van der Waals surface area contributed by atoms with E-state index in [0.717, 1.165) is 17.0 Å². The average Bonchev–Trinajstić information content (AvgIpc) is 2.48. The lowest BCUT2D eigenvalue weighted by Crippen LogP contribution is -1.92. The van der Waals surface area contributed by atoms with Crippen molar-refractivity contribution in [1.82, 2.24) is 9.55 Å². The smallest absolute Gasteiger partial charge is 0.127 e. The molecule has 4 heteroatoms. The maximum atomic E-state index is 9.79. The molecule has 1 aromatic heterocycles. The zero-order valence-electron chi connectivity index (χ0n) is 8.73. The summed E-state index contributed by atoms with van der Waals surface area (Å²) in [5.41, 5.74) is 8.67. The second-order valence-corrected chi connectivity index (χ2v) is 3.57. The Morgan fingerprint density at radius 1 is 1.40 bits per heavy atom. The summed E-state index contributed by atoms with van der Waals surface area (Å²) in [5, 5.41) is 9.79. The largest absolute Gasteiger partial charge is 0.507 e. The van der Waals surface area contributed by atoms with E-state index in [4.69, 9.17) is 5.73 Å². The fourth-order valence-corrected chi connectivity index (χ4v) is 1.68. The van der Waals surface area contributed by atoms with Gasteiger partial charge in [-0.25, -0.2) is 4.98 Å². The van der Waals surface area contributed by atoms with Gasteiger partial charge in [-0.3, -0.25) is 0 Å². The highest BCUT2D eigenvalue weighted by Gasteiger charge is 2.11. The highest BCUT2D eigenvalue weighted by Crippen LogP contribution is 2.31. The van der Waals surface area contributed by atoms with Crippen LogP contribution < -0.4 is 5.73 Å². The summed E-state index contributed by atoms with van der Waals surface area (Å²) in [6.07, 6.45) is 1.72. The second kappa shape index (κ2) is 3.31. The standard InChI is InChI=1S/C11H13N3O/c1-7-11(14(2)6-13-7)9-4-3-8(12)5-10(9)15/h3-6,15H,12H2,1-2H3. The number of hydrogen-bond donors (Lipinski definition) is 2. The number of hydrogen-bond acceptors (Lipinski definition) is 3. The van der Waals surface area contributed by atoms with Crippen LogP contribution in [0.5, 0.6) is 5.75 Å². The van der Waals surface area contributed by atoms with Gasteiger partial charge in [0, 0.05) is 24.4 Å². The van der Waals surface area contributed by atoms with Crippen molar-refractivity contribution in [2.45, 2.75) is 6.92 Å². The monoisotopic (exact) mass is 203 g/mol. The number of nitrogen functional groups attached to an aromatic ring is 1. The van der Waals surface area contributed by atoms with Crippen LogP contribution in [0.25, 0.3) is 11.3 Å². The molecule has 0 fully saturated rings. The number of aromatic hydroxyl groups is 1. The van der Waals surface area contributed by atoms with Crippen molar-refractivity contribution in [3.63, 3.8) is 0 Å². The first kappa shape index (κ1) is 9.58. The van der Waals surface area contributed by atoms with Crippen LogP contribution in [-0.2, 0) is 7.05 Å². The third kappa shape index (κ3) is 1.54. The summed E-state index contributed by atoms with van der Waals surface area (Å²) in [7, 11) is 1.89. The summed E-state index contributed by atoms with van der Waals surface area (Å²) >= 11 is 0. The van der Waals surface area contributed by atoms with Crippen LogP contribution in [0.3, 0.4) is 0 Å². The molecular formula is C11H13N3O. The first-order chi connectivity index (χ1) is 7.09. The number of nitrogens with zero attached hydrogens (tertiary/aromatic N) is 2. The molecular weight excluding hydrogens is 190 g/mol. The van der Waals surface area contributed by atoms with Gasteiger partial charge < -0.3 is 15.4 Å². The lowest BCUT2D eigenvalue weighted by molar-refractivity contribution is 0.477. The Hall–Kier alpha value is -1.97. The minimum absolute atomic E-state index is 0.182. The molecule has 0 spiro atoms. The Kier molecular flexibility index (Phi) is 2.11. The van der Waals surface area contributed by atoms with Crippen molar-refractivity contribution < 1.29 is 5.11 Å². The van der Waals surface area contributed by atoms with Crippen LogP contribution in [0.4, 0.5) is 5.69 Å². The van der Waals surface area contributed by atoms with Crippen LogP contribution in [0, 0.1) is 6.92 Å². The Balaban J connectivity index is 2.64. The molecule has 1 aromatic carbocycles. The van der Waals surface area contributed by atoms with Gasteiger partial charge in [-0.15, -0.1) is 0 Å². The number of phenolic OH excluding ortho intramolecular Hbond substituents is 1. The third-order valence-electron chi connectivity index (χ3n) is 2.40. The van der Waals surface area contributed by atoms with Gasteiger partial charge >= 0.3 is 0 Å². The van der Waals surface area contributed by atoms with E-state index in [1.807, 2.05) is 18.5 Å². The number of imidazole rings is 1. The number of rotatable bonds is 1. The highest BCUT2D eigenvalue weighted by molar-refractivity contribution is 5.71. The number of aryl methyl sites for hydroxylation is 2. The van der Waals surface area contributed by atoms with Crippen LogP contribution in [0.1, 0.15) is 5.69 Å². The van der Waals surface area contributed by atoms with Gasteiger partial charge in [-0.2, -0.15) is 0 Å². The molecule has 15 heavy (non-hydrogen) atoms. The van der Waals surface area contributed by atoms with Gasteiger partial charge in [0.25, 0.3) is 0 Å². The molecule has 78 valence electrons. The summed E-state index contributed by atoms with van der Waals surface area (Å²) in [4.78, 5) is 4.18. The van der Waals surface area contributed by atoms with Gasteiger partial charge in [0.05, 0.1) is 17.7 Å². The van der Waals surface area contributed by atoms with E-state index >= 15 is 0 Å². The fourth-order valence-electron chi connectivity index (χ4n) is 1.68. The van der Waals surface area contributed by atoms with Crippen LogP contribution in [0.15, 0.2) is 24.5 Å². The molecule has 0 unspecified atom stereocenters. The fraction of sp³-hybridized carbons (Fsp3) is 0.182. The Bertz CT molecular complexity index is 483. The minimum atomic E-state index is 0.182. The zero-order valence-corrected chi connectivity index (χ0v) is 8.73. The number of benzene rings is 1. The lowest BCUT2D eigenvalue weighted by Gasteiger charge is -2.07. The SMILES string of the molecule is Cc1ncn(C)c1-c1ccc(N)cc1O. The summed E-state index contributed by atoms with van der Waals surface area (Å²) < 4.78 is 1.88. The Morgan fingerprint density at radius 2 is 2.13 bits per heavy atom. The van der Waals surface area contributed by atoms with E-state index in [2.05, 4.69) is 4.98 Å². The molecule has 1 heterocycles. The molecule has 0 aliphatic carbocycles. The van der Waals surface area contributed by atoms with E-state index in [0.29, 0.717) is 5.69 Å². The van der Waals surface area contributed by atoms with Crippen molar-refractivity contribution in [3.05, 3.63) is 30.2 Å². The highest BCUT2D eigenvalue weighted by atomic mass is 16.3. The predicted molar refractivity (Wildman–Crippen MR) is 59.5 cm³/mol. The summed E-state index contributed by atoms with van der Waals surface area (Å²) in [6, 6.07) is 5.11. The van der Waals surface area contributed by atoms with Crippen molar-refractivity contribution in [2.75, 3.05) is 5.73 Å². The molecule has 2 rings (SSSR count). The van der Waals surface area contributed by atoms with Gasteiger partial charge in [-0.1, -0.05) is 0 Å². The number of nitrogens with two attached hydrogens (primary N) is 1. The molecule has 0 atom stereocenters. The Morgan fingerprint density at radius 3 is 2.67 bits per heavy atom. The van der Waals surface area contributed by atoms with Gasteiger partial charge in [0.1, 0.15) is 5.75 Å². The number of anilines is 1. The number of aromatic nitrogens is 2. The molecule has 0 bridgehead atoms. The average molecular weight is 203 g/mol. The van der Waals surface area contributed by atoms with Crippen LogP contribution >= 0.6 is 0 Å². The molecule has 0 radical (unpaired) electrons. The van der Waals surface area contributed by atoms with Gasteiger partial charge in [0.2, 0.25) is 0 Å². The summed E-state index contributed by atoms with van der Waals surface area (Å²) in [6.45, 7) is 1.91. The van der Waals surface area contributed by atoms with Crippen LogP contribution in [0.2, 0.25) is 0 Å². The van der Waals surface area contributed by atoms with Gasteiger partial charge in [-0.05, 0) is 19.1 Å². The zero-order chi connectivity index (χ0) is 11.0. The van der Waals surface area contributed by atoms with Gasteiger partial charge in [0.15, 0.2) is 0 Å². The molecule has 0 amide bonds. The van der Waals surface area contributed by atoms with E-state index in [9.17, 15) is 5.11 Å². The molecule has 0 aliphatic heterocycles. The van der Waals surface area contributed by atoms with Crippen molar-refractivity contribution in [3.8, 4) is 17.0 Å². The molecule has 0 saturated carbocycles. The maximum Gasteiger partial charge on any atom is 0.127 e. The topological polar surface area (TPSA) is 64.1 Å². The third-order valence-corrected chi connectivity index (χ3v) is 2.40. The minimum Gasteiger partial charge on any atom is -0.507 e. The maximum absolute atomic E-state index is 9.79. The first-order valence-corrected chi connectivity index (χ1v) is 4.66. The lowest BCUT2D eigenvalue weighted by atomic mass is 10.1. The molecule has 4 nitrogen and oxygen atoms in total. The van der Waals surface area contributed by atoms with E-state index in [1.165, 1.54) is 0 Å².